The fraction of sp³-hybridized carbons (Fsp3) is 0.257. The van der Waals surface area contributed by atoms with Crippen LogP contribution in [0.5, 0.6) is 11.5 Å². The molecule has 0 amide bonds. The van der Waals surface area contributed by atoms with E-state index in [2.05, 4.69) is 20.9 Å². The number of esters is 1. The van der Waals surface area contributed by atoms with Crippen molar-refractivity contribution in [1.82, 2.24) is 14.5 Å². The zero-order valence-corrected chi connectivity index (χ0v) is 24.2. The molecular weight excluding hydrogens is 543 g/mol. The molecule has 2 heterocycles. The second kappa shape index (κ2) is 13.1. The van der Waals surface area contributed by atoms with Gasteiger partial charge in [-0.15, -0.1) is 0 Å². The number of piperidine rings is 1. The number of nitrogens with zero attached hydrogens (tertiary/aromatic N) is 3. The Labute approximate surface area is 250 Å². The Morgan fingerprint density at radius 2 is 1.56 bits per heavy atom. The van der Waals surface area contributed by atoms with E-state index in [0.29, 0.717) is 29.6 Å². The Bertz CT molecular complexity index is 1660. The van der Waals surface area contributed by atoms with Gasteiger partial charge in [-0.2, -0.15) is 0 Å². The summed E-state index contributed by atoms with van der Waals surface area (Å²) in [6, 6.07) is 29.8. The third kappa shape index (κ3) is 7.04. The van der Waals surface area contributed by atoms with Crippen molar-refractivity contribution in [2.45, 2.75) is 31.8 Å². The molecule has 1 aromatic heterocycles. The van der Waals surface area contributed by atoms with Crippen molar-refractivity contribution in [3.05, 3.63) is 120 Å². The van der Waals surface area contributed by atoms with Gasteiger partial charge in [-0.1, -0.05) is 36.4 Å². The van der Waals surface area contributed by atoms with E-state index in [0.717, 1.165) is 61.4 Å². The monoisotopic (exact) mass is 578 g/mol. The molecule has 1 saturated heterocycles. The summed E-state index contributed by atoms with van der Waals surface area (Å²) in [4.78, 5) is 19.8. The van der Waals surface area contributed by atoms with Crippen LogP contribution in [-0.2, 0) is 13.0 Å². The van der Waals surface area contributed by atoms with Crippen molar-refractivity contribution in [3.8, 4) is 11.5 Å². The summed E-state index contributed by atoms with van der Waals surface area (Å²) in [7, 11) is 1.59. The number of aromatic nitrogens is 2. The number of hydrogen-bond donors (Lipinski definition) is 1. The highest BCUT2D eigenvalue weighted by molar-refractivity contribution is 5.91. The predicted molar refractivity (Wildman–Crippen MR) is 166 cm³/mol. The Hall–Kier alpha value is -4.69. The van der Waals surface area contributed by atoms with Crippen LogP contribution in [0.15, 0.2) is 97.1 Å². The molecule has 0 radical (unpaired) electrons. The number of methoxy groups -OCH3 is 1. The van der Waals surface area contributed by atoms with Crippen LogP contribution in [0.3, 0.4) is 0 Å². The largest absolute Gasteiger partial charge is 0.497 e. The number of benzene rings is 4. The van der Waals surface area contributed by atoms with Gasteiger partial charge in [0, 0.05) is 25.7 Å². The lowest BCUT2D eigenvalue weighted by atomic mass is 10.0. The number of ether oxygens (including phenoxy) is 2. The zero-order valence-electron chi connectivity index (χ0n) is 24.2. The first kappa shape index (κ1) is 28.4. The van der Waals surface area contributed by atoms with Gasteiger partial charge in [-0.05, 0) is 91.1 Å². The molecule has 1 aliphatic rings. The molecular formula is C35H35FN4O3. The summed E-state index contributed by atoms with van der Waals surface area (Å²) in [5, 5.41) is 3.71. The van der Waals surface area contributed by atoms with Crippen LogP contribution in [0.2, 0.25) is 0 Å². The first-order valence-electron chi connectivity index (χ1n) is 14.7. The summed E-state index contributed by atoms with van der Waals surface area (Å²) in [6.45, 7) is 3.61. The average molecular weight is 579 g/mol. The van der Waals surface area contributed by atoms with Gasteiger partial charge in [0.05, 0.1) is 30.3 Å². The molecule has 5 aromatic rings. The molecule has 0 atom stereocenters. The van der Waals surface area contributed by atoms with Crippen molar-refractivity contribution < 1.29 is 18.7 Å². The molecule has 0 bridgehead atoms. The lowest BCUT2D eigenvalue weighted by Crippen LogP contribution is -2.40. The van der Waals surface area contributed by atoms with E-state index in [9.17, 15) is 9.18 Å². The maximum atomic E-state index is 13.5. The zero-order chi connectivity index (χ0) is 29.6. The van der Waals surface area contributed by atoms with Crippen molar-refractivity contribution >= 4 is 23.0 Å². The van der Waals surface area contributed by atoms with Crippen LogP contribution in [0.25, 0.3) is 11.0 Å². The lowest BCUT2D eigenvalue weighted by Gasteiger charge is -2.32. The van der Waals surface area contributed by atoms with Crippen LogP contribution in [0.4, 0.5) is 10.3 Å². The van der Waals surface area contributed by atoms with Crippen LogP contribution < -0.4 is 14.8 Å². The molecule has 1 N–H and O–H groups in total. The van der Waals surface area contributed by atoms with E-state index >= 15 is 0 Å². The maximum Gasteiger partial charge on any atom is 0.343 e. The summed E-state index contributed by atoms with van der Waals surface area (Å²) in [5.74, 6) is 1.46. The maximum absolute atomic E-state index is 13.5. The van der Waals surface area contributed by atoms with E-state index in [4.69, 9.17) is 14.5 Å². The Kier molecular flexibility index (Phi) is 8.65. The number of carbonyl (C=O) groups excluding carboxylic acids is 1. The summed E-state index contributed by atoms with van der Waals surface area (Å²) < 4.78 is 26.3. The number of anilines is 1. The molecule has 6 rings (SSSR count). The smallest absolute Gasteiger partial charge is 0.343 e. The standard InChI is InChI=1S/C35H35FN4O3/c1-42-30-16-10-27(11-17-30)34(41)43-31-14-8-25(9-15-31)18-21-39-22-19-29(20-23-39)37-35-38-32-4-2-3-5-33(32)40(35)24-26-6-12-28(36)13-7-26/h2-17,29H,18-24H2,1H3,(H,37,38). The third-order valence-electron chi connectivity index (χ3n) is 8.01. The third-order valence-corrected chi connectivity index (χ3v) is 8.01. The van der Waals surface area contributed by atoms with Gasteiger partial charge >= 0.3 is 5.97 Å². The molecule has 4 aromatic carbocycles. The lowest BCUT2D eigenvalue weighted by molar-refractivity contribution is 0.0734. The van der Waals surface area contributed by atoms with E-state index in [1.807, 2.05) is 54.6 Å². The van der Waals surface area contributed by atoms with Crippen molar-refractivity contribution in [2.75, 3.05) is 32.1 Å². The molecule has 43 heavy (non-hydrogen) atoms. The Morgan fingerprint density at radius 3 is 2.28 bits per heavy atom. The summed E-state index contributed by atoms with van der Waals surface area (Å²) >= 11 is 0. The number of nitrogens with one attached hydrogen (secondary N) is 1. The molecule has 220 valence electrons. The van der Waals surface area contributed by atoms with Gasteiger partial charge in [-0.25, -0.2) is 14.2 Å². The van der Waals surface area contributed by atoms with Crippen molar-refractivity contribution in [1.29, 1.82) is 0 Å². The van der Waals surface area contributed by atoms with Gasteiger partial charge in [0.15, 0.2) is 0 Å². The predicted octanol–water partition coefficient (Wildman–Crippen LogP) is 6.57. The number of likely N-dealkylation sites (tertiary alicyclic amines) is 1. The molecule has 7 nitrogen and oxygen atoms in total. The van der Waals surface area contributed by atoms with Gasteiger partial charge in [0.2, 0.25) is 5.95 Å². The first-order valence-corrected chi connectivity index (χ1v) is 14.7. The number of imidazole rings is 1. The van der Waals surface area contributed by atoms with Crippen LogP contribution in [0, 0.1) is 5.82 Å². The highest BCUT2D eigenvalue weighted by atomic mass is 19.1. The number of halogens is 1. The molecule has 0 spiro atoms. The second-order valence-corrected chi connectivity index (χ2v) is 10.9. The molecule has 8 heteroatoms. The minimum Gasteiger partial charge on any atom is -0.497 e. The van der Waals surface area contributed by atoms with Gasteiger partial charge in [-0.3, -0.25) is 0 Å². The van der Waals surface area contributed by atoms with Crippen LogP contribution >= 0.6 is 0 Å². The minimum absolute atomic E-state index is 0.229. The SMILES string of the molecule is COc1ccc(C(=O)Oc2ccc(CCN3CCC(Nc4nc5ccccc5n4Cc4ccc(F)cc4)CC3)cc2)cc1. The van der Waals surface area contributed by atoms with E-state index in [1.54, 1.807) is 31.4 Å². The van der Waals surface area contributed by atoms with E-state index in [-0.39, 0.29) is 5.82 Å². The number of hydrogen-bond acceptors (Lipinski definition) is 6. The van der Waals surface area contributed by atoms with Crippen molar-refractivity contribution in [3.63, 3.8) is 0 Å². The molecule has 1 fully saturated rings. The van der Waals surface area contributed by atoms with Gasteiger partial charge < -0.3 is 24.3 Å². The topological polar surface area (TPSA) is 68.6 Å². The summed E-state index contributed by atoms with van der Waals surface area (Å²) in [6.07, 6.45) is 2.98. The fourth-order valence-corrected chi connectivity index (χ4v) is 5.51. The molecule has 0 saturated carbocycles. The highest BCUT2D eigenvalue weighted by Crippen LogP contribution is 2.24. The van der Waals surface area contributed by atoms with E-state index < -0.39 is 5.97 Å². The Balaban J connectivity index is 0.997. The fourth-order valence-electron chi connectivity index (χ4n) is 5.51. The van der Waals surface area contributed by atoms with Crippen molar-refractivity contribution in [2.24, 2.45) is 0 Å². The Morgan fingerprint density at radius 1 is 0.884 bits per heavy atom. The quantitative estimate of drug-likeness (QED) is 0.149. The first-order chi connectivity index (χ1) is 21.0. The number of fused-ring (bicyclic) bond motifs is 1. The van der Waals surface area contributed by atoms with Crippen LogP contribution in [0.1, 0.15) is 34.3 Å². The normalized spacial score (nSPS) is 14.1. The number of carbonyl (C=O) groups is 1. The molecule has 0 aliphatic carbocycles. The second-order valence-electron chi connectivity index (χ2n) is 10.9. The highest BCUT2D eigenvalue weighted by Gasteiger charge is 2.21. The molecule has 1 aliphatic heterocycles. The van der Waals surface area contributed by atoms with Crippen LogP contribution in [-0.4, -0.2) is 53.2 Å². The number of para-hydroxylation sites is 2. The molecule has 0 unspecified atom stereocenters. The average Bonchev–Trinajstić information content (AvgIpc) is 3.38. The number of rotatable bonds is 10. The minimum atomic E-state index is -0.391. The summed E-state index contributed by atoms with van der Waals surface area (Å²) in [5.41, 5.74) is 4.73. The van der Waals surface area contributed by atoms with Gasteiger partial charge in [0.1, 0.15) is 17.3 Å². The van der Waals surface area contributed by atoms with Gasteiger partial charge in [0.25, 0.3) is 0 Å². The van der Waals surface area contributed by atoms with E-state index in [1.165, 1.54) is 17.7 Å².